The molecule has 2 heterocycles. The summed E-state index contributed by atoms with van der Waals surface area (Å²) in [6.45, 7) is 4.31. The first-order valence-electron chi connectivity index (χ1n) is 12.8. The second-order valence-corrected chi connectivity index (χ2v) is 9.90. The average Bonchev–Trinajstić information content (AvgIpc) is 3.32. The van der Waals surface area contributed by atoms with E-state index in [1.165, 1.54) is 0 Å². The van der Waals surface area contributed by atoms with E-state index < -0.39 is 0 Å². The summed E-state index contributed by atoms with van der Waals surface area (Å²) in [6, 6.07) is 30.2. The smallest absolute Gasteiger partial charge is 0.225 e. The van der Waals surface area contributed by atoms with Crippen molar-refractivity contribution in [1.29, 1.82) is 0 Å². The molecule has 0 spiro atoms. The third-order valence-electron chi connectivity index (χ3n) is 7.06. The molecule has 1 aliphatic heterocycles. The van der Waals surface area contributed by atoms with Crippen molar-refractivity contribution in [2.75, 3.05) is 5.32 Å². The molecule has 0 radical (unpaired) electrons. The maximum absolute atomic E-state index is 13.6. The maximum Gasteiger partial charge on any atom is 0.225 e. The third kappa shape index (κ3) is 4.49. The van der Waals surface area contributed by atoms with Gasteiger partial charge in [-0.15, -0.1) is 0 Å². The fraction of sp³-hybridized carbons (Fsp3) is 0.188. The molecule has 0 fully saturated rings. The van der Waals surface area contributed by atoms with Crippen LogP contribution in [0.25, 0.3) is 11.0 Å². The van der Waals surface area contributed by atoms with Crippen molar-refractivity contribution >= 4 is 22.6 Å². The summed E-state index contributed by atoms with van der Waals surface area (Å²) < 4.78 is 6.13. The number of carbonyl (C=O) groups is 1. The van der Waals surface area contributed by atoms with E-state index in [0.717, 1.165) is 56.3 Å². The zero-order chi connectivity index (χ0) is 25.4. The lowest BCUT2D eigenvalue weighted by molar-refractivity contribution is -0.116. The largest absolute Gasteiger partial charge is 0.457 e. The van der Waals surface area contributed by atoms with E-state index in [1.54, 1.807) is 0 Å². The van der Waals surface area contributed by atoms with Crippen LogP contribution >= 0.6 is 0 Å². The summed E-state index contributed by atoms with van der Waals surface area (Å²) in [6.07, 6.45) is 0.932. The van der Waals surface area contributed by atoms with Crippen LogP contribution in [0.5, 0.6) is 11.5 Å². The molecule has 5 aromatic rings. The molecule has 5 heteroatoms. The number of hydrogen-bond donors (Lipinski definition) is 2. The van der Waals surface area contributed by atoms with E-state index in [2.05, 4.69) is 54.5 Å². The molecule has 5 nitrogen and oxygen atoms in total. The Morgan fingerprint density at radius 2 is 1.57 bits per heavy atom. The Hall–Kier alpha value is -4.38. The van der Waals surface area contributed by atoms with E-state index in [9.17, 15) is 4.79 Å². The summed E-state index contributed by atoms with van der Waals surface area (Å²) in [5, 5.41) is 3.30. The molecule has 6 rings (SSSR count). The lowest BCUT2D eigenvalue weighted by atomic mass is 9.85. The Kier molecular flexibility index (Phi) is 5.97. The molecule has 0 saturated carbocycles. The third-order valence-corrected chi connectivity index (χ3v) is 7.06. The summed E-state index contributed by atoms with van der Waals surface area (Å²) >= 11 is 0. The van der Waals surface area contributed by atoms with Gasteiger partial charge in [-0.3, -0.25) is 4.79 Å². The quantitative estimate of drug-likeness (QED) is 0.260. The van der Waals surface area contributed by atoms with Gasteiger partial charge in [-0.2, -0.15) is 0 Å². The van der Waals surface area contributed by atoms with Crippen LogP contribution in [0.15, 0.2) is 91.0 Å². The number of para-hydroxylation sites is 5. The second-order valence-electron chi connectivity index (χ2n) is 9.90. The van der Waals surface area contributed by atoms with E-state index in [1.807, 2.05) is 60.7 Å². The highest BCUT2D eigenvalue weighted by Crippen LogP contribution is 2.45. The normalized spacial score (nSPS) is 12.7. The highest BCUT2D eigenvalue weighted by molar-refractivity contribution is 5.93. The van der Waals surface area contributed by atoms with Crippen LogP contribution in [0, 0.1) is 0 Å². The molecule has 1 aliphatic rings. The van der Waals surface area contributed by atoms with Gasteiger partial charge in [-0.05, 0) is 41.3 Å². The first-order valence-corrected chi connectivity index (χ1v) is 12.8. The number of rotatable bonds is 6. The molecule has 0 aliphatic carbocycles. The number of hydrogen-bond acceptors (Lipinski definition) is 3. The zero-order valence-electron chi connectivity index (χ0n) is 21.0. The molecule has 0 atom stereocenters. The topological polar surface area (TPSA) is 67.0 Å². The van der Waals surface area contributed by atoms with Gasteiger partial charge in [0.2, 0.25) is 5.91 Å². The molecule has 1 amide bonds. The molecule has 4 aromatic carbocycles. The number of aromatic nitrogens is 2. The molecule has 37 heavy (non-hydrogen) atoms. The minimum absolute atomic E-state index is 0.0181. The van der Waals surface area contributed by atoms with Gasteiger partial charge in [0.25, 0.3) is 0 Å². The lowest BCUT2D eigenvalue weighted by Gasteiger charge is -2.28. The van der Waals surface area contributed by atoms with Crippen LogP contribution in [0.4, 0.5) is 5.69 Å². The summed E-state index contributed by atoms with van der Waals surface area (Å²) in [5.74, 6) is 2.67. The molecule has 0 unspecified atom stereocenters. The van der Waals surface area contributed by atoms with E-state index in [0.29, 0.717) is 12.8 Å². The summed E-state index contributed by atoms with van der Waals surface area (Å²) in [5.41, 5.74) is 7.09. The average molecular weight is 488 g/mol. The van der Waals surface area contributed by atoms with Gasteiger partial charge in [0, 0.05) is 35.6 Å². The van der Waals surface area contributed by atoms with Gasteiger partial charge < -0.3 is 15.0 Å². The molecular weight excluding hydrogens is 458 g/mol. The molecule has 1 aromatic heterocycles. The van der Waals surface area contributed by atoms with Crippen LogP contribution in [-0.2, 0) is 11.2 Å². The minimum atomic E-state index is -0.0776. The van der Waals surface area contributed by atoms with Crippen LogP contribution in [0.3, 0.4) is 0 Å². The van der Waals surface area contributed by atoms with E-state index in [4.69, 9.17) is 9.72 Å². The Morgan fingerprint density at radius 3 is 2.27 bits per heavy atom. The van der Waals surface area contributed by atoms with Crippen molar-refractivity contribution in [3.8, 4) is 11.5 Å². The number of nitrogens with zero attached hydrogens (tertiary/aromatic N) is 1. The van der Waals surface area contributed by atoms with E-state index in [-0.39, 0.29) is 17.7 Å². The van der Waals surface area contributed by atoms with Crippen molar-refractivity contribution < 1.29 is 9.53 Å². The minimum Gasteiger partial charge on any atom is -0.457 e. The van der Waals surface area contributed by atoms with Crippen molar-refractivity contribution in [3.05, 3.63) is 119 Å². The number of imidazole rings is 1. The number of H-pyrrole nitrogens is 1. The monoisotopic (exact) mass is 487 g/mol. The van der Waals surface area contributed by atoms with Crippen molar-refractivity contribution in [2.45, 2.75) is 38.5 Å². The van der Waals surface area contributed by atoms with Gasteiger partial charge >= 0.3 is 0 Å². The van der Waals surface area contributed by atoms with Crippen LogP contribution in [-0.4, -0.2) is 15.9 Å². The number of nitrogens with one attached hydrogen (secondary N) is 2. The molecule has 0 saturated heterocycles. The number of amides is 1. The van der Waals surface area contributed by atoms with Gasteiger partial charge in [-0.25, -0.2) is 4.98 Å². The first kappa shape index (κ1) is 23.0. The van der Waals surface area contributed by atoms with E-state index >= 15 is 0 Å². The predicted molar refractivity (Wildman–Crippen MR) is 147 cm³/mol. The van der Waals surface area contributed by atoms with Crippen molar-refractivity contribution in [3.63, 3.8) is 0 Å². The van der Waals surface area contributed by atoms with Crippen LogP contribution < -0.4 is 10.1 Å². The number of fused-ring (bicyclic) bond motifs is 3. The Morgan fingerprint density at radius 1 is 0.892 bits per heavy atom. The number of aromatic amines is 1. The predicted octanol–water partition coefficient (Wildman–Crippen LogP) is 7.54. The number of benzene rings is 4. The molecular formula is C32H29N3O2. The first-order chi connectivity index (χ1) is 18.1. The van der Waals surface area contributed by atoms with Gasteiger partial charge in [0.15, 0.2) is 0 Å². The second kappa shape index (κ2) is 9.58. The molecule has 2 N–H and O–H groups in total. The van der Waals surface area contributed by atoms with Gasteiger partial charge in [0.1, 0.15) is 17.3 Å². The van der Waals surface area contributed by atoms with Gasteiger partial charge in [0.05, 0.1) is 11.0 Å². The molecule has 0 bridgehead atoms. The maximum atomic E-state index is 13.6. The number of carbonyl (C=O) groups excluding carboxylic acids is 1. The number of ether oxygens (including phenoxy) is 1. The number of anilines is 1. The lowest BCUT2D eigenvalue weighted by Crippen LogP contribution is -2.20. The Labute approximate surface area is 216 Å². The van der Waals surface area contributed by atoms with Crippen molar-refractivity contribution in [1.82, 2.24) is 9.97 Å². The Balaban J connectivity index is 1.31. The van der Waals surface area contributed by atoms with Crippen LogP contribution in [0.2, 0.25) is 0 Å². The van der Waals surface area contributed by atoms with Crippen molar-refractivity contribution in [2.24, 2.45) is 0 Å². The summed E-state index contributed by atoms with van der Waals surface area (Å²) in [7, 11) is 0. The van der Waals surface area contributed by atoms with Crippen LogP contribution in [0.1, 0.15) is 60.2 Å². The highest BCUT2D eigenvalue weighted by Gasteiger charge is 2.29. The fourth-order valence-corrected chi connectivity index (χ4v) is 5.28. The summed E-state index contributed by atoms with van der Waals surface area (Å²) in [4.78, 5) is 21.8. The Bertz CT molecular complexity index is 1520. The standard InChI is InChI=1S/C32H29N3O2/c1-20(2)22-13-9-10-21(18-30-33-26-14-5-6-15-27(26)34-30)32(22)35-31(36)19-25-23-11-3-7-16-28(23)37-29-17-8-4-12-24(25)29/h3-17,20,25H,18-19H2,1-2H3,(H,33,34)(H,35,36). The van der Waals surface area contributed by atoms with Gasteiger partial charge in [-0.1, -0.05) is 80.6 Å². The fourth-order valence-electron chi connectivity index (χ4n) is 5.28. The highest BCUT2D eigenvalue weighted by atomic mass is 16.5. The SMILES string of the molecule is CC(C)c1cccc(Cc2nc3ccccc3[nH]2)c1NC(=O)CC1c2ccccc2Oc2ccccc21. The zero-order valence-corrected chi connectivity index (χ0v) is 21.0. The molecule has 184 valence electrons.